The average molecular weight is 85.1 g/mol. The second-order valence-electron chi connectivity index (χ2n) is 0.562. The third kappa shape index (κ3) is 2.85. The number of rotatable bonds is 0. The Morgan fingerprint density at radius 3 is 2.50 bits per heavy atom. The van der Waals surface area contributed by atoms with E-state index >= 15 is 0 Å². The van der Waals surface area contributed by atoms with Crippen LogP contribution in [0.3, 0.4) is 0 Å². The van der Waals surface area contributed by atoms with Crippen molar-refractivity contribution >= 4 is 12.0 Å². The molecular formula is C2H3N3O. The average Bonchev–Trinajstić information content (AvgIpc) is 1.35. The molecule has 0 unspecified atom stereocenters. The van der Waals surface area contributed by atoms with E-state index in [0.717, 1.165) is 0 Å². The summed E-state index contributed by atoms with van der Waals surface area (Å²) in [7, 11) is 0. The van der Waals surface area contributed by atoms with Gasteiger partial charge in [-0.15, -0.1) is 4.99 Å². The number of amides is 2. The van der Waals surface area contributed by atoms with Gasteiger partial charge in [0.1, 0.15) is 0 Å². The van der Waals surface area contributed by atoms with Crippen molar-refractivity contribution in [3.63, 3.8) is 0 Å². The van der Waals surface area contributed by atoms with E-state index in [1.165, 1.54) is 6.01 Å². The van der Waals surface area contributed by atoms with Gasteiger partial charge in [0.05, 0.1) is 6.01 Å². The number of nitrogens with one attached hydrogen (secondary N) is 1. The Labute approximate surface area is 34.2 Å². The highest BCUT2D eigenvalue weighted by atomic mass is 16.2. The highest BCUT2D eigenvalue weighted by Crippen LogP contribution is 1.55. The minimum Gasteiger partial charge on any atom is -0.349 e. The second-order valence-corrected chi connectivity index (χ2v) is 0.562. The Kier molecular flexibility index (Phi) is 1.71. The maximum Gasteiger partial charge on any atom is 0.347 e. The van der Waals surface area contributed by atoms with Crippen LogP contribution < -0.4 is 5.73 Å². The normalized spacial score (nSPS) is 6.00. The fraction of sp³-hybridized carbons (Fsp3) is 0. The summed E-state index contributed by atoms with van der Waals surface area (Å²) in [6.07, 6.45) is 0. The van der Waals surface area contributed by atoms with E-state index in [1.807, 2.05) is 0 Å². The second kappa shape index (κ2) is 2.11. The summed E-state index contributed by atoms with van der Waals surface area (Å²) >= 11 is 0. The minimum atomic E-state index is -0.884. The highest BCUT2D eigenvalue weighted by molar-refractivity contribution is 5.78. The molecule has 0 aliphatic heterocycles. The molecule has 0 aromatic carbocycles. The first kappa shape index (κ1) is 4.85. The van der Waals surface area contributed by atoms with E-state index in [4.69, 9.17) is 5.41 Å². The number of primary amides is 1. The molecule has 0 aliphatic rings. The lowest BCUT2D eigenvalue weighted by molar-refractivity contribution is 0.257. The van der Waals surface area contributed by atoms with Crippen molar-refractivity contribution in [1.29, 1.82) is 5.41 Å². The predicted molar refractivity (Wildman–Crippen MR) is 19.7 cm³/mol. The van der Waals surface area contributed by atoms with E-state index in [0.29, 0.717) is 0 Å². The zero-order valence-electron chi connectivity index (χ0n) is 2.93. The zero-order valence-corrected chi connectivity index (χ0v) is 2.93. The van der Waals surface area contributed by atoms with Crippen molar-refractivity contribution in [3.8, 4) is 0 Å². The van der Waals surface area contributed by atoms with Crippen LogP contribution in [-0.2, 0) is 0 Å². The van der Waals surface area contributed by atoms with Gasteiger partial charge in [-0.1, -0.05) is 0 Å². The summed E-state index contributed by atoms with van der Waals surface area (Å²) in [4.78, 5) is 12.2. The van der Waals surface area contributed by atoms with Crippen LogP contribution in [0.25, 0.3) is 0 Å². The molecule has 2 amide bonds. The molecule has 0 aromatic heterocycles. The van der Waals surface area contributed by atoms with Crippen molar-refractivity contribution in [2.24, 2.45) is 10.7 Å². The summed E-state index contributed by atoms with van der Waals surface area (Å²) in [5.41, 5.74) is 4.41. The van der Waals surface area contributed by atoms with Gasteiger partial charge in [-0.05, 0) is 0 Å². The zero-order chi connectivity index (χ0) is 4.99. The van der Waals surface area contributed by atoms with E-state index < -0.39 is 6.03 Å². The summed E-state index contributed by atoms with van der Waals surface area (Å²) in [5, 5.41) is 6.02. The van der Waals surface area contributed by atoms with E-state index in [-0.39, 0.29) is 0 Å². The number of carbonyl (C=O) groups excluding carboxylic acids is 1. The lowest BCUT2D eigenvalue weighted by atomic mass is 11.1. The van der Waals surface area contributed by atoms with Gasteiger partial charge in [0.15, 0.2) is 0 Å². The van der Waals surface area contributed by atoms with E-state index in [2.05, 4.69) is 10.7 Å². The van der Waals surface area contributed by atoms with Crippen LogP contribution in [0.5, 0.6) is 0 Å². The first-order valence-electron chi connectivity index (χ1n) is 1.19. The molecule has 0 aliphatic carbocycles. The standard InChI is InChI=1S/C2H3N3O/c3-1-5-2(4)6/h3H,(H2,4,6). The number of hydrogen-bond donors (Lipinski definition) is 2. The van der Waals surface area contributed by atoms with Crippen LogP contribution in [0.2, 0.25) is 0 Å². The number of hydrogen-bond acceptors (Lipinski definition) is 2. The smallest absolute Gasteiger partial charge is 0.347 e. The molecule has 0 spiro atoms. The maximum atomic E-state index is 9.47. The van der Waals surface area contributed by atoms with Crippen molar-refractivity contribution in [3.05, 3.63) is 0 Å². The summed E-state index contributed by atoms with van der Waals surface area (Å²) < 4.78 is 0. The quantitative estimate of drug-likeness (QED) is 0.393. The fourth-order valence-electron chi connectivity index (χ4n) is 0.0551. The largest absolute Gasteiger partial charge is 0.349 e. The first-order valence-corrected chi connectivity index (χ1v) is 1.19. The van der Waals surface area contributed by atoms with Gasteiger partial charge in [0.2, 0.25) is 0 Å². The van der Waals surface area contributed by atoms with Crippen LogP contribution >= 0.6 is 0 Å². The Morgan fingerprint density at radius 1 is 2.00 bits per heavy atom. The molecule has 0 heterocycles. The first-order chi connectivity index (χ1) is 2.77. The molecule has 32 valence electrons. The molecule has 0 bridgehead atoms. The van der Waals surface area contributed by atoms with Gasteiger partial charge in [0.25, 0.3) is 0 Å². The van der Waals surface area contributed by atoms with Crippen LogP contribution in [0.15, 0.2) is 4.99 Å². The number of urea groups is 1. The van der Waals surface area contributed by atoms with Crippen molar-refractivity contribution < 1.29 is 4.79 Å². The van der Waals surface area contributed by atoms with Crippen molar-refractivity contribution in [2.75, 3.05) is 0 Å². The molecule has 0 aromatic rings. The van der Waals surface area contributed by atoms with Crippen LogP contribution in [0.1, 0.15) is 0 Å². The maximum absolute atomic E-state index is 9.47. The monoisotopic (exact) mass is 85.0 g/mol. The minimum absolute atomic E-state index is 0.884. The molecule has 0 fully saturated rings. The van der Waals surface area contributed by atoms with E-state index in [9.17, 15) is 4.79 Å². The number of nitrogens with zero attached hydrogens (tertiary/aromatic N) is 1. The van der Waals surface area contributed by atoms with Gasteiger partial charge in [-0.2, -0.15) is 0 Å². The Bertz CT molecular complexity index is 101. The molecule has 4 heteroatoms. The Morgan fingerprint density at radius 2 is 2.50 bits per heavy atom. The Hall–Kier alpha value is -1.15. The summed E-state index contributed by atoms with van der Waals surface area (Å²) in [5.74, 6) is 0. The lowest BCUT2D eigenvalue weighted by Gasteiger charge is -1.65. The molecule has 0 rings (SSSR count). The molecular weight excluding hydrogens is 82.0 g/mol. The van der Waals surface area contributed by atoms with Crippen LogP contribution in [0, 0.1) is 5.41 Å². The van der Waals surface area contributed by atoms with Crippen molar-refractivity contribution in [2.45, 2.75) is 0 Å². The number of carbonyl (C=O) groups is 1. The highest BCUT2D eigenvalue weighted by Gasteiger charge is 1.74. The van der Waals surface area contributed by atoms with Crippen LogP contribution in [-0.4, -0.2) is 12.0 Å². The predicted octanol–water partition coefficient (Wildman–Crippen LogP) is -0.182. The Balaban J connectivity index is 3.60. The fourth-order valence-corrected chi connectivity index (χ4v) is 0.0551. The molecule has 0 radical (unpaired) electrons. The molecule has 0 saturated carbocycles. The summed E-state index contributed by atoms with van der Waals surface area (Å²) in [6.45, 7) is 0. The van der Waals surface area contributed by atoms with Gasteiger partial charge in [0, 0.05) is 0 Å². The summed E-state index contributed by atoms with van der Waals surface area (Å²) in [6, 6.07) is 0.583. The van der Waals surface area contributed by atoms with Crippen LogP contribution in [0.4, 0.5) is 4.79 Å². The van der Waals surface area contributed by atoms with Gasteiger partial charge in [-0.25, -0.2) is 10.2 Å². The SMILES string of the molecule is N=C=NC(N)=O. The van der Waals surface area contributed by atoms with Gasteiger partial charge < -0.3 is 5.73 Å². The lowest BCUT2D eigenvalue weighted by Crippen LogP contribution is -2.02. The van der Waals surface area contributed by atoms with Gasteiger partial charge >= 0.3 is 6.03 Å². The van der Waals surface area contributed by atoms with E-state index in [1.54, 1.807) is 0 Å². The molecule has 0 saturated heterocycles. The van der Waals surface area contributed by atoms with Gasteiger partial charge in [-0.3, -0.25) is 0 Å². The molecule has 0 atom stereocenters. The number of nitrogens with two attached hydrogens (primary N) is 1. The third-order valence-corrected chi connectivity index (χ3v) is 0.166. The molecule has 3 N–H and O–H groups in total. The topological polar surface area (TPSA) is 79.3 Å². The van der Waals surface area contributed by atoms with Crippen molar-refractivity contribution in [1.82, 2.24) is 0 Å². The number of aliphatic imine (C=N–C) groups is 1. The molecule has 4 nitrogen and oxygen atoms in total. The molecule has 6 heavy (non-hydrogen) atoms. The third-order valence-electron chi connectivity index (χ3n) is 0.166.